The van der Waals surface area contributed by atoms with Crippen molar-refractivity contribution in [2.24, 2.45) is 0 Å². The van der Waals surface area contributed by atoms with Crippen molar-refractivity contribution in [3.05, 3.63) is 17.5 Å². The Balaban J connectivity index is 2.14. The summed E-state index contributed by atoms with van der Waals surface area (Å²) in [6.07, 6.45) is 3.05. The van der Waals surface area contributed by atoms with E-state index in [9.17, 15) is 5.11 Å². The first-order chi connectivity index (χ1) is 6.75. The van der Waals surface area contributed by atoms with E-state index in [1.807, 2.05) is 4.90 Å². The van der Waals surface area contributed by atoms with E-state index in [-0.39, 0.29) is 6.10 Å². The number of nitrogens with zero attached hydrogens (tertiary/aromatic N) is 3. The molecule has 0 aromatic carbocycles. The topological polar surface area (TPSA) is 49.2 Å². The van der Waals surface area contributed by atoms with Gasteiger partial charge in [0.1, 0.15) is 17.3 Å². The number of hydrogen-bond donors (Lipinski definition) is 1. The Bertz CT molecular complexity index is 321. The van der Waals surface area contributed by atoms with Crippen LogP contribution in [0.4, 0.5) is 5.82 Å². The number of aromatic nitrogens is 2. The fraction of sp³-hybridized carbons (Fsp3) is 0.556. The van der Waals surface area contributed by atoms with Gasteiger partial charge in [-0.3, -0.25) is 0 Å². The van der Waals surface area contributed by atoms with Crippen molar-refractivity contribution in [3.8, 4) is 0 Å². The van der Waals surface area contributed by atoms with Crippen LogP contribution in [0.5, 0.6) is 0 Å². The van der Waals surface area contributed by atoms with Gasteiger partial charge in [0.2, 0.25) is 0 Å². The Morgan fingerprint density at radius 2 is 2.36 bits per heavy atom. The number of aliphatic hydroxyl groups excluding tert-OH is 1. The summed E-state index contributed by atoms with van der Waals surface area (Å²) in [5, 5.41) is 9.93. The first kappa shape index (κ1) is 9.68. The molecule has 14 heavy (non-hydrogen) atoms. The summed E-state index contributed by atoms with van der Waals surface area (Å²) in [4.78, 5) is 9.97. The summed E-state index contributed by atoms with van der Waals surface area (Å²) in [6.45, 7) is 1.55. The number of rotatable bonds is 1. The molecule has 0 spiro atoms. The Hall–Kier alpha value is -0.870. The molecule has 1 atom stereocenters. The maximum Gasteiger partial charge on any atom is 0.134 e. The molecule has 1 aromatic rings. The highest BCUT2D eigenvalue weighted by molar-refractivity contribution is 6.29. The molecule has 2 rings (SSSR count). The SMILES string of the molecule is O[C@@H]1CCCN(c2cc(Cl)ncn2)C1. The van der Waals surface area contributed by atoms with Crippen molar-refractivity contribution in [2.45, 2.75) is 18.9 Å². The monoisotopic (exact) mass is 213 g/mol. The molecule has 0 radical (unpaired) electrons. The van der Waals surface area contributed by atoms with E-state index in [1.165, 1.54) is 6.33 Å². The van der Waals surface area contributed by atoms with Crippen LogP contribution < -0.4 is 4.90 Å². The van der Waals surface area contributed by atoms with Crippen molar-refractivity contribution < 1.29 is 5.11 Å². The van der Waals surface area contributed by atoms with Crippen LogP contribution in [0.2, 0.25) is 5.15 Å². The fourth-order valence-electron chi connectivity index (χ4n) is 1.66. The standard InChI is InChI=1S/C9H12ClN3O/c10-8-4-9(12-6-11-8)13-3-1-2-7(14)5-13/h4,6-7,14H,1-3,5H2/t7-/m1/s1. The lowest BCUT2D eigenvalue weighted by Crippen LogP contribution is -2.38. The van der Waals surface area contributed by atoms with Crippen LogP contribution in [0.25, 0.3) is 0 Å². The van der Waals surface area contributed by atoms with Crippen LogP contribution in [0.15, 0.2) is 12.4 Å². The lowest BCUT2D eigenvalue weighted by molar-refractivity contribution is 0.154. The second-order valence-corrected chi connectivity index (χ2v) is 3.83. The Labute approximate surface area is 87.5 Å². The van der Waals surface area contributed by atoms with Gasteiger partial charge in [-0.15, -0.1) is 0 Å². The summed E-state index contributed by atoms with van der Waals surface area (Å²) in [6, 6.07) is 1.72. The molecule has 0 amide bonds. The van der Waals surface area contributed by atoms with E-state index in [1.54, 1.807) is 6.07 Å². The number of β-amino-alcohol motifs (C(OH)–C–C–N with tert-alkyl or cyclic N) is 1. The van der Waals surface area contributed by atoms with E-state index >= 15 is 0 Å². The molecule has 1 fully saturated rings. The number of anilines is 1. The van der Waals surface area contributed by atoms with E-state index in [2.05, 4.69) is 9.97 Å². The maximum absolute atomic E-state index is 9.49. The zero-order valence-corrected chi connectivity index (χ0v) is 8.48. The molecule has 1 aromatic heterocycles. The average Bonchev–Trinajstić information content (AvgIpc) is 2.18. The van der Waals surface area contributed by atoms with E-state index in [4.69, 9.17) is 11.6 Å². The third kappa shape index (κ3) is 2.13. The molecule has 5 heteroatoms. The van der Waals surface area contributed by atoms with Crippen molar-refractivity contribution in [1.29, 1.82) is 0 Å². The van der Waals surface area contributed by atoms with Gasteiger partial charge in [0, 0.05) is 19.2 Å². The molecule has 76 valence electrons. The van der Waals surface area contributed by atoms with Gasteiger partial charge in [0.05, 0.1) is 6.10 Å². The maximum atomic E-state index is 9.49. The predicted molar refractivity (Wildman–Crippen MR) is 54.5 cm³/mol. The smallest absolute Gasteiger partial charge is 0.134 e. The Kier molecular flexibility index (Phi) is 2.84. The van der Waals surface area contributed by atoms with Crippen LogP contribution in [0.3, 0.4) is 0 Å². The Morgan fingerprint density at radius 3 is 3.07 bits per heavy atom. The number of hydrogen-bond acceptors (Lipinski definition) is 4. The van der Waals surface area contributed by atoms with Crippen LogP contribution in [-0.2, 0) is 0 Å². The lowest BCUT2D eigenvalue weighted by Gasteiger charge is -2.30. The largest absolute Gasteiger partial charge is 0.391 e. The first-order valence-electron chi connectivity index (χ1n) is 4.66. The van der Waals surface area contributed by atoms with Crippen molar-refractivity contribution in [3.63, 3.8) is 0 Å². The quantitative estimate of drug-likeness (QED) is 0.710. The minimum Gasteiger partial charge on any atom is -0.391 e. The van der Waals surface area contributed by atoms with Crippen LogP contribution >= 0.6 is 11.6 Å². The molecule has 2 heterocycles. The zero-order valence-electron chi connectivity index (χ0n) is 7.73. The summed E-state index contributed by atoms with van der Waals surface area (Å²) in [5.41, 5.74) is 0. The molecule has 0 unspecified atom stereocenters. The number of aliphatic hydroxyl groups is 1. The van der Waals surface area contributed by atoms with Crippen molar-refractivity contribution in [2.75, 3.05) is 18.0 Å². The van der Waals surface area contributed by atoms with Gasteiger partial charge in [0.15, 0.2) is 0 Å². The second kappa shape index (κ2) is 4.11. The van der Waals surface area contributed by atoms with E-state index < -0.39 is 0 Å². The highest BCUT2D eigenvalue weighted by Gasteiger charge is 2.18. The predicted octanol–water partition coefficient (Wildman–Crippen LogP) is 1.09. The molecule has 0 aliphatic carbocycles. The molecule has 0 bridgehead atoms. The molecule has 1 aliphatic rings. The average molecular weight is 214 g/mol. The highest BCUT2D eigenvalue weighted by Crippen LogP contribution is 2.19. The van der Waals surface area contributed by atoms with Gasteiger partial charge in [0.25, 0.3) is 0 Å². The van der Waals surface area contributed by atoms with Gasteiger partial charge in [-0.25, -0.2) is 9.97 Å². The third-order valence-corrected chi connectivity index (χ3v) is 2.55. The van der Waals surface area contributed by atoms with Crippen molar-refractivity contribution in [1.82, 2.24) is 9.97 Å². The van der Waals surface area contributed by atoms with Crippen LogP contribution in [0, 0.1) is 0 Å². The van der Waals surface area contributed by atoms with E-state index in [0.29, 0.717) is 11.7 Å². The summed E-state index contributed by atoms with van der Waals surface area (Å²) in [5.74, 6) is 0.795. The van der Waals surface area contributed by atoms with Gasteiger partial charge in [-0.2, -0.15) is 0 Å². The summed E-state index contributed by atoms with van der Waals surface area (Å²) < 4.78 is 0. The minimum absolute atomic E-state index is 0.252. The Morgan fingerprint density at radius 1 is 1.50 bits per heavy atom. The van der Waals surface area contributed by atoms with Crippen LogP contribution in [-0.4, -0.2) is 34.3 Å². The molecule has 0 saturated carbocycles. The number of piperidine rings is 1. The number of halogens is 1. The minimum atomic E-state index is -0.252. The van der Waals surface area contributed by atoms with Gasteiger partial charge in [-0.1, -0.05) is 11.6 Å². The highest BCUT2D eigenvalue weighted by atomic mass is 35.5. The van der Waals surface area contributed by atoms with Gasteiger partial charge >= 0.3 is 0 Å². The second-order valence-electron chi connectivity index (χ2n) is 3.44. The van der Waals surface area contributed by atoms with Crippen LogP contribution in [0.1, 0.15) is 12.8 Å². The summed E-state index contributed by atoms with van der Waals surface area (Å²) >= 11 is 5.76. The third-order valence-electron chi connectivity index (χ3n) is 2.34. The first-order valence-corrected chi connectivity index (χ1v) is 5.04. The molecule has 4 nitrogen and oxygen atoms in total. The van der Waals surface area contributed by atoms with Crippen molar-refractivity contribution >= 4 is 17.4 Å². The molecule has 1 N–H and O–H groups in total. The fourth-order valence-corrected chi connectivity index (χ4v) is 1.80. The molecular formula is C9H12ClN3O. The van der Waals surface area contributed by atoms with E-state index in [0.717, 1.165) is 25.2 Å². The van der Waals surface area contributed by atoms with Gasteiger partial charge in [-0.05, 0) is 12.8 Å². The molecule has 1 aliphatic heterocycles. The zero-order chi connectivity index (χ0) is 9.97. The lowest BCUT2D eigenvalue weighted by atomic mass is 10.1. The molecular weight excluding hydrogens is 202 g/mol. The normalized spacial score (nSPS) is 22.4. The summed E-state index contributed by atoms with van der Waals surface area (Å²) in [7, 11) is 0. The van der Waals surface area contributed by atoms with Gasteiger partial charge < -0.3 is 10.0 Å². The molecule has 1 saturated heterocycles.